The molecule has 108 valence electrons. The van der Waals surface area contributed by atoms with E-state index in [1.807, 2.05) is 18.2 Å². The molecule has 0 spiro atoms. The summed E-state index contributed by atoms with van der Waals surface area (Å²) in [7, 11) is 0. The number of halogens is 1. The summed E-state index contributed by atoms with van der Waals surface area (Å²) in [5, 5.41) is 2.95. The van der Waals surface area contributed by atoms with Crippen LogP contribution in [0.5, 0.6) is 0 Å². The maximum atomic E-state index is 13.1. The van der Waals surface area contributed by atoms with Gasteiger partial charge in [0.05, 0.1) is 17.8 Å². The zero-order chi connectivity index (χ0) is 14.8. The molecule has 1 heterocycles. The molecule has 5 heteroatoms. The van der Waals surface area contributed by atoms with E-state index in [-0.39, 0.29) is 17.5 Å². The van der Waals surface area contributed by atoms with Crippen molar-refractivity contribution < 1.29 is 9.18 Å². The van der Waals surface area contributed by atoms with Gasteiger partial charge in [-0.15, -0.1) is 0 Å². The van der Waals surface area contributed by atoms with E-state index < -0.39 is 5.82 Å². The SMILES string of the molecule is Nc1ccc2c(c1)CCCC2NC(=O)c1cncc(F)c1. The number of pyridine rings is 1. The molecule has 3 N–H and O–H groups in total. The Morgan fingerprint density at radius 1 is 1.33 bits per heavy atom. The lowest BCUT2D eigenvalue weighted by Crippen LogP contribution is -2.31. The average Bonchev–Trinajstić information content (AvgIpc) is 2.47. The molecule has 0 aliphatic heterocycles. The summed E-state index contributed by atoms with van der Waals surface area (Å²) in [5.74, 6) is -0.823. The zero-order valence-corrected chi connectivity index (χ0v) is 11.5. The van der Waals surface area contributed by atoms with Gasteiger partial charge in [-0.25, -0.2) is 4.39 Å². The van der Waals surface area contributed by atoms with Crippen LogP contribution in [0, 0.1) is 5.82 Å². The summed E-state index contributed by atoms with van der Waals surface area (Å²) in [6, 6.07) is 6.88. The van der Waals surface area contributed by atoms with E-state index in [0.717, 1.165) is 36.7 Å². The van der Waals surface area contributed by atoms with E-state index in [1.54, 1.807) is 0 Å². The number of amides is 1. The van der Waals surface area contributed by atoms with Crippen LogP contribution in [-0.4, -0.2) is 10.9 Å². The molecule has 1 aromatic heterocycles. The van der Waals surface area contributed by atoms with E-state index in [0.29, 0.717) is 0 Å². The van der Waals surface area contributed by atoms with Gasteiger partial charge >= 0.3 is 0 Å². The van der Waals surface area contributed by atoms with Crippen molar-refractivity contribution >= 4 is 11.6 Å². The Bertz CT molecular complexity index is 687. The number of carbonyl (C=O) groups excluding carboxylic acids is 1. The Balaban J connectivity index is 1.82. The number of aromatic nitrogens is 1. The smallest absolute Gasteiger partial charge is 0.253 e. The van der Waals surface area contributed by atoms with Gasteiger partial charge in [-0.2, -0.15) is 0 Å². The lowest BCUT2D eigenvalue weighted by atomic mass is 9.87. The molecule has 0 saturated heterocycles. The summed E-state index contributed by atoms with van der Waals surface area (Å²) in [6.45, 7) is 0. The number of benzene rings is 1. The summed E-state index contributed by atoms with van der Waals surface area (Å²) in [4.78, 5) is 15.9. The molecule has 0 saturated carbocycles. The quantitative estimate of drug-likeness (QED) is 0.833. The fraction of sp³-hybridized carbons (Fsp3) is 0.250. The van der Waals surface area contributed by atoms with Crippen molar-refractivity contribution in [2.75, 3.05) is 5.73 Å². The molecule has 1 atom stereocenters. The lowest BCUT2D eigenvalue weighted by molar-refractivity contribution is 0.0932. The van der Waals surface area contributed by atoms with Crippen LogP contribution in [-0.2, 0) is 6.42 Å². The minimum Gasteiger partial charge on any atom is -0.399 e. The molecule has 21 heavy (non-hydrogen) atoms. The molecule has 1 aromatic carbocycles. The van der Waals surface area contributed by atoms with E-state index in [4.69, 9.17) is 5.73 Å². The molecule has 4 nitrogen and oxygen atoms in total. The number of anilines is 1. The van der Waals surface area contributed by atoms with Crippen LogP contribution in [0.15, 0.2) is 36.7 Å². The number of nitrogens with zero attached hydrogens (tertiary/aromatic N) is 1. The second-order valence-corrected chi connectivity index (χ2v) is 5.27. The van der Waals surface area contributed by atoms with Crippen molar-refractivity contribution in [3.05, 3.63) is 59.2 Å². The van der Waals surface area contributed by atoms with Crippen LogP contribution in [0.3, 0.4) is 0 Å². The predicted octanol–water partition coefficient (Wildman–Crippen LogP) is 2.61. The normalized spacial score (nSPS) is 17.1. The highest BCUT2D eigenvalue weighted by molar-refractivity contribution is 5.94. The summed E-state index contributed by atoms with van der Waals surface area (Å²) in [5.41, 5.74) is 9.03. The van der Waals surface area contributed by atoms with Gasteiger partial charge in [0, 0.05) is 11.9 Å². The first-order chi connectivity index (χ1) is 10.1. The zero-order valence-electron chi connectivity index (χ0n) is 11.5. The standard InChI is InChI=1S/C16H16FN3O/c17-12-6-11(8-19-9-12)16(21)20-15-3-1-2-10-7-13(18)4-5-14(10)15/h4-9,15H,1-3,18H2,(H,20,21). The third-order valence-electron chi connectivity index (χ3n) is 3.75. The van der Waals surface area contributed by atoms with Gasteiger partial charge in [0.25, 0.3) is 5.91 Å². The fourth-order valence-corrected chi connectivity index (χ4v) is 2.76. The van der Waals surface area contributed by atoms with Crippen LogP contribution in [0.25, 0.3) is 0 Å². The van der Waals surface area contributed by atoms with Gasteiger partial charge in [-0.3, -0.25) is 9.78 Å². The number of nitrogens with two attached hydrogens (primary N) is 1. The van der Waals surface area contributed by atoms with E-state index in [1.165, 1.54) is 17.8 Å². The number of hydrogen-bond acceptors (Lipinski definition) is 3. The van der Waals surface area contributed by atoms with E-state index >= 15 is 0 Å². The maximum absolute atomic E-state index is 13.1. The second-order valence-electron chi connectivity index (χ2n) is 5.27. The van der Waals surface area contributed by atoms with Crippen LogP contribution < -0.4 is 11.1 Å². The number of aryl methyl sites for hydroxylation is 1. The number of carbonyl (C=O) groups is 1. The highest BCUT2D eigenvalue weighted by Gasteiger charge is 2.22. The van der Waals surface area contributed by atoms with Crippen molar-refractivity contribution in [1.82, 2.24) is 10.3 Å². The number of fused-ring (bicyclic) bond motifs is 1. The summed E-state index contributed by atoms with van der Waals surface area (Å²) >= 11 is 0. The number of nitrogens with one attached hydrogen (secondary N) is 1. The summed E-state index contributed by atoms with van der Waals surface area (Å²) < 4.78 is 13.1. The van der Waals surface area contributed by atoms with Gasteiger partial charge in [0.1, 0.15) is 5.82 Å². The van der Waals surface area contributed by atoms with Gasteiger partial charge < -0.3 is 11.1 Å². The number of nitrogen functional groups attached to an aromatic ring is 1. The average molecular weight is 285 g/mol. The molecule has 1 unspecified atom stereocenters. The second kappa shape index (κ2) is 5.52. The first-order valence-corrected chi connectivity index (χ1v) is 6.93. The Labute approximate surface area is 122 Å². The van der Waals surface area contributed by atoms with E-state index in [2.05, 4.69) is 10.3 Å². The third kappa shape index (κ3) is 2.86. The lowest BCUT2D eigenvalue weighted by Gasteiger charge is -2.26. The topological polar surface area (TPSA) is 68.0 Å². The minimum absolute atomic E-state index is 0.0647. The van der Waals surface area contributed by atoms with Crippen molar-refractivity contribution in [3.63, 3.8) is 0 Å². The van der Waals surface area contributed by atoms with Gasteiger partial charge in [-0.05, 0) is 48.6 Å². The Kier molecular flexibility index (Phi) is 3.56. The van der Waals surface area contributed by atoms with Crippen molar-refractivity contribution in [1.29, 1.82) is 0 Å². The Hall–Kier alpha value is -2.43. The molecule has 0 bridgehead atoms. The molecule has 0 radical (unpaired) electrons. The number of rotatable bonds is 2. The highest BCUT2D eigenvalue weighted by Crippen LogP contribution is 2.31. The molecule has 1 aliphatic rings. The van der Waals surface area contributed by atoms with Crippen LogP contribution >= 0.6 is 0 Å². The number of hydrogen-bond donors (Lipinski definition) is 2. The van der Waals surface area contributed by atoms with Crippen molar-refractivity contribution in [2.24, 2.45) is 0 Å². The Morgan fingerprint density at radius 2 is 2.19 bits per heavy atom. The largest absolute Gasteiger partial charge is 0.399 e. The van der Waals surface area contributed by atoms with Gasteiger partial charge in [-0.1, -0.05) is 6.07 Å². The molecular formula is C16H16FN3O. The van der Waals surface area contributed by atoms with Crippen LogP contribution in [0.1, 0.15) is 40.4 Å². The third-order valence-corrected chi connectivity index (χ3v) is 3.75. The molecule has 1 aliphatic carbocycles. The molecule has 0 fully saturated rings. The molecule has 3 rings (SSSR count). The Morgan fingerprint density at radius 3 is 3.00 bits per heavy atom. The van der Waals surface area contributed by atoms with Crippen LogP contribution in [0.4, 0.5) is 10.1 Å². The maximum Gasteiger partial charge on any atom is 0.253 e. The minimum atomic E-state index is -0.514. The van der Waals surface area contributed by atoms with Crippen molar-refractivity contribution in [3.8, 4) is 0 Å². The van der Waals surface area contributed by atoms with Crippen molar-refractivity contribution in [2.45, 2.75) is 25.3 Å². The predicted molar refractivity (Wildman–Crippen MR) is 78.2 cm³/mol. The molecule has 2 aromatic rings. The first-order valence-electron chi connectivity index (χ1n) is 6.93. The summed E-state index contributed by atoms with van der Waals surface area (Å²) in [6.07, 6.45) is 5.27. The molecular weight excluding hydrogens is 269 g/mol. The first kappa shape index (κ1) is 13.5. The molecule has 1 amide bonds. The van der Waals surface area contributed by atoms with Crippen LogP contribution in [0.2, 0.25) is 0 Å². The van der Waals surface area contributed by atoms with E-state index in [9.17, 15) is 9.18 Å². The highest BCUT2D eigenvalue weighted by atomic mass is 19.1. The monoisotopic (exact) mass is 285 g/mol. The van der Waals surface area contributed by atoms with Gasteiger partial charge in [0.2, 0.25) is 0 Å². The van der Waals surface area contributed by atoms with Gasteiger partial charge in [0.15, 0.2) is 0 Å². The fourth-order valence-electron chi connectivity index (χ4n) is 2.76.